The molecule has 0 aliphatic carbocycles. The fourth-order valence-corrected chi connectivity index (χ4v) is 4.20. The van der Waals surface area contributed by atoms with Crippen LogP contribution in [0.25, 0.3) is 0 Å². The molecule has 2 aromatic rings. The summed E-state index contributed by atoms with van der Waals surface area (Å²) in [4.78, 5) is 0. The summed E-state index contributed by atoms with van der Waals surface area (Å²) < 4.78 is 12.8. The van der Waals surface area contributed by atoms with Crippen LogP contribution in [0.5, 0.6) is 17.2 Å². The van der Waals surface area contributed by atoms with Crippen molar-refractivity contribution in [3.05, 3.63) is 52.0 Å². The van der Waals surface area contributed by atoms with Crippen molar-refractivity contribution < 1.29 is 9.47 Å². The van der Waals surface area contributed by atoms with E-state index in [1.807, 2.05) is 6.07 Å². The third-order valence-electron chi connectivity index (χ3n) is 4.94. The summed E-state index contributed by atoms with van der Waals surface area (Å²) in [6.45, 7) is 2.18. The van der Waals surface area contributed by atoms with E-state index in [0.717, 1.165) is 34.8 Å². The van der Waals surface area contributed by atoms with Crippen molar-refractivity contribution in [3.63, 3.8) is 0 Å². The zero-order valence-electron chi connectivity index (χ0n) is 13.1. The molecule has 1 unspecified atom stereocenters. The molecule has 0 aromatic heterocycles. The molecule has 2 aliphatic rings. The maximum absolute atomic E-state index is 6.23. The van der Waals surface area contributed by atoms with Gasteiger partial charge >= 0.3 is 0 Å². The fraction of sp³-hybridized carbons (Fsp3) is 0.368. The molecule has 2 aromatic carbocycles. The maximum Gasteiger partial charge on any atom is 0.173 e. The molecule has 3 nitrogen and oxygen atoms in total. The molecular weight excluding hydrogens is 354 g/mol. The lowest BCUT2D eigenvalue weighted by atomic mass is 9.75. The number of fused-ring (bicyclic) bond motifs is 2. The van der Waals surface area contributed by atoms with E-state index in [2.05, 4.69) is 51.6 Å². The third-order valence-corrected chi connectivity index (χ3v) is 5.44. The van der Waals surface area contributed by atoms with Gasteiger partial charge < -0.3 is 14.8 Å². The summed E-state index contributed by atoms with van der Waals surface area (Å²) in [5, 5.41) is 3.47. The first-order chi connectivity index (χ1) is 11.3. The molecule has 0 bridgehead atoms. The standard InChI is InChI=1S/C19H20BrNO2/c1-22-16-4-2-3-15-18(12-7-9-21-10-8-12)14-6-5-13(20)11-17(14)23-19(15)16/h2-6,11-12,18,21H,7-10H2,1H3. The fourth-order valence-electron chi connectivity index (χ4n) is 3.86. The van der Waals surface area contributed by atoms with Crippen LogP contribution in [0.3, 0.4) is 0 Å². The van der Waals surface area contributed by atoms with Gasteiger partial charge in [0.2, 0.25) is 0 Å². The van der Waals surface area contributed by atoms with E-state index < -0.39 is 0 Å². The van der Waals surface area contributed by atoms with Crippen molar-refractivity contribution in [2.45, 2.75) is 18.8 Å². The Morgan fingerprint density at radius 3 is 2.74 bits per heavy atom. The Balaban J connectivity index is 1.87. The van der Waals surface area contributed by atoms with E-state index in [4.69, 9.17) is 9.47 Å². The number of ether oxygens (including phenoxy) is 2. The van der Waals surface area contributed by atoms with Crippen LogP contribution in [0, 0.1) is 5.92 Å². The van der Waals surface area contributed by atoms with E-state index in [1.54, 1.807) is 7.11 Å². The minimum Gasteiger partial charge on any atom is -0.493 e. The van der Waals surface area contributed by atoms with Gasteiger partial charge in [-0.3, -0.25) is 0 Å². The number of benzene rings is 2. The van der Waals surface area contributed by atoms with E-state index in [0.29, 0.717) is 11.8 Å². The average molecular weight is 374 g/mol. The Labute approximate surface area is 145 Å². The van der Waals surface area contributed by atoms with Crippen LogP contribution in [0.1, 0.15) is 29.9 Å². The molecule has 1 saturated heterocycles. The predicted octanol–water partition coefficient (Wildman–Crippen LogP) is 4.69. The monoisotopic (exact) mass is 373 g/mol. The van der Waals surface area contributed by atoms with E-state index >= 15 is 0 Å². The van der Waals surface area contributed by atoms with Crippen LogP contribution in [0.2, 0.25) is 0 Å². The molecule has 4 rings (SSSR count). The number of methoxy groups -OCH3 is 1. The summed E-state index contributed by atoms with van der Waals surface area (Å²) in [5.41, 5.74) is 2.55. The van der Waals surface area contributed by atoms with E-state index in [1.165, 1.54) is 24.0 Å². The molecule has 2 aliphatic heterocycles. The SMILES string of the molecule is COc1cccc2c1Oc1cc(Br)ccc1C2C1CCNCC1. The molecule has 23 heavy (non-hydrogen) atoms. The van der Waals surface area contributed by atoms with Crippen molar-refractivity contribution in [2.24, 2.45) is 5.92 Å². The zero-order chi connectivity index (χ0) is 15.8. The van der Waals surface area contributed by atoms with Crippen molar-refractivity contribution in [1.29, 1.82) is 0 Å². The van der Waals surface area contributed by atoms with Crippen LogP contribution >= 0.6 is 15.9 Å². The molecule has 0 spiro atoms. The number of hydrogen-bond acceptors (Lipinski definition) is 3. The minimum absolute atomic E-state index is 0.374. The van der Waals surface area contributed by atoms with Crippen molar-refractivity contribution in [2.75, 3.05) is 20.2 Å². The predicted molar refractivity (Wildman–Crippen MR) is 94.6 cm³/mol. The van der Waals surface area contributed by atoms with Crippen LogP contribution < -0.4 is 14.8 Å². The van der Waals surface area contributed by atoms with Crippen molar-refractivity contribution in [1.82, 2.24) is 5.32 Å². The summed E-state index contributed by atoms with van der Waals surface area (Å²) in [5.74, 6) is 3.64. The Hall–Kier alpha value is -1.52. The first-order valence-corrected chi connectivity index (χ1v) is 8.92. The van der Waals surface area contributed by atoms with Gasteiger partial charge in [0.15, 0.2) is 11.5 Å². The lowest BCUT2D eigenvalue weighted by Gasteiger charge is -2.36. The number of piperidine rings is 1. The summed E-state index contributed by atoms with van der Waals surface area (Å²) in [6.07, 6.45) is 2.38. The van der Waals surface area contributed by atoms with E-state index in [9.17, 15) is 0 Å². The zero-order valence-corrected chi connectivity index (χ0v) is 14.7. The Bertz CT molecular complexity index is 725. The molecule has 4 heteroatoms. The van der Waals surface area contributed by atoms with Gasteiger partial charge in [-0.2, -0.15) is 0 Å². The second-order valence-corrected chi connectivity index (χ2v) is 7.14. The lowest BCUT2D eigenvalue weighted by molar-refractivity contribution is 0.313. The summed E-state index contributed by atoms with van der Waals surface area (Å²) >= 11 is 3.56. The summed E-state index contributed by atoms with van der Waals surface area (Å²) in [7, 11) is 1.70. The molecule has 1 atom stereocenters. The lowest BCUT2D eigenvalue weighted by Crippen LogP contribution is -2.32. The van der Waals surface area contributed by atoms with Crippen molar-refractivity contribution in [3.8, 4) is 17.2 Å². The molecule has 2 heterocycles. The van der Waals surface area contributed by atoms with Crippen LogP contribution in [0.4, 0.5) is 0 Å². The second kappa shape index (κ2) is 6.17. The second-order valence-electron chi connectivity index (χ2n) is 6.23. The Kier molecular flexibility index (Phi) is 4.04. The van der Waals surface area contributed by atoms with Gasteiger partial charge in [0.25, 0.3) is 0 Å². The largest absolute Gasteiger partial charge is 0.493 e. The Morgan fingerprint density at radius 1 is 1.13 bits per heavy atom. The number of hydrogen-bond donors (Lipinski definition) is 1. The molecule has 120 valence electrons. The number of para-hydroxylation sites is 1. The van der Waals surface area contributed by atoms with Gasteiger partial charge in [-0.15, -0.1) is 0 Å². The molecule has 0 saturated carbocycles. The third kappa shape index (κ3) is 2.64. The number of rotatable bonds is 2. The highest BCUT2D eigenvalue weighted by Gasteiger charge is 2.35. The minimum atomic E-state index is 0.374. The van der Waals surface area contributed by atoms with Gasteiger partial charge in [-0.1, -0.05) is 34.1 Å². The van der Waals surface area contributed by atoms with Crippen LogP contribution in [-0.4, -0.2) is 20.2 Å². The van der Waals surface area contributed by atoms with Crippen LogP contribution in [0.15, 0.2) is 40.9 Å². The van der Waals surface area contributed by atoms with Crippen molar-refractivity contribution >= 4 is 15.9 Å². The molecule has 0 radical (unpaired) electrons. The average Bonchev–Trinajstić information content (AvgIpc) is 2.59. The molecule has 1 N–H and O–H groups in total. The molecule has 1 fully saturated rings. The topological polar surface area (TPSA) is 30.5 Å². The highest BCUT2D eigenvalue weighted by atomic mass is 79.9. The first kappa shape index (κ1) is 15.0. The van der Waals surface area contributed by atoms with Crippen LogP contribution in [-0.2, 0) is 0 Å². The quantitative estimate of drug-likeness (QED) is 0.827. The van der Waals surface area contributed by atoms with Gasteiger partial charge in [0.05, 0.1) is 7.11 Å². The molecular formula is C19H20BrNO2. The first-order valence-electron chi connectivity index (χ1n) is 8.13. The summed E-state index contributed by atoms with van der Waals surface area (Å²) in [6, 6.07) is 12.6. The number of halogens is 1. The Morgan fingerprint density at radius 2 is 1.96 bits per heavy atom. The highest BCUT2D eigenvalue weighted by Crippen LogP contribution is 2.52. The van der Waals surface area contributed by atoms with E-state index in [-0.39, 0.29) is 0 Å². The molecule has 0 amide bonds. The maximum atomic E-state index is 6.23. The number of nitrogens with one attached hydrogen (secondary N) is 1. The van der Waals surface area contributed by atoms with Gasteiger partial charge in [0, 0.05) is 21.5 Å². The van der Waals surface area contributed by atoms with Gasteiger partial charge in [0.1, 0.15) is 5.75 Å². The smallest absolute Gasteiger partial charge is 0.173 e. The highest BCUT2D eigenvalue weighted by molar-refractivity contribution is 9.10. The normalized spacial score (nSPS) is 20.3. The van der Waals surface area contributed by atoms with Gasteiger partial charge in [-0.25, -0.2) is 0 Å². The van der Waals surface area contributed by atoms with Gasteiger partial charge in [-0.05, 0) is 50.0 Å².